The first-order valence-corrected chi connectivity index (χ1v) is 17.1. The van der Waals surface area contributed by atoms with Crippen LogP contribution in [0.4, 0.5) is 18.9 Å². The quantitative estimate of drug-likeness (QED) is 0.126. The Kier molecular flexibility index (Phi) is 12.0. The zero-order valence-electron chi connectivity index (χ0n) is 27.7. The molecule has 3 N–H and O–H groups in total. The van der Waals surface area contributed by atoms with Gasteiger partial charge in [0.05, 0.1) is 28.7 Å². The highest BCUT2D eigenvalue weighted by Gasteiger charge is 2.38. The summed E-state index contributed by atoms with van der Waals surface area (Å²) >= 11 is 6.19. The lowest BCUT2D eigenvalue weighted by Gasteiger charge is -2.17. The van der Waals surface area contributed by atoms with E-state index in [4.69, 9.17) is 31.0 Å². The topological polar surface area (TPSA) is 163 Å². The van der Waals surface area contributed by atoms with Crippen molar-refractivity contribution in [3.63, 3.8) is 0 Å². The van der Waals surface area contributed by atoms with E-state index in [2.05, 4.69) is 10.8 Å². The maximum Gasteiger partial charge on any atom is 0.490 e. The number of fused-ring (bicyclic) bond motifs is 1. The van der Waals surface area contributed by atoms with Crippen molar-refractivity contribution in [1.82, 2.24) is 0 Å². The van der Waals surface area contributed by atoms with E-state index in [1.165, 1.54) is 30.3 Å². The van der Waals surface area contributed by atoms with Crippen molar-refractivity contribution < 1.29 is 50.9 Å². The molecule has 0 radical (unpaired) electrons. The van der Waals surface area contributed by atoms with Gasteiger partial charge in [0, 0.05) is 21.8 Å². The molecule has 270 valence electrons. The molecule has 5 aromatic carbocycles. The van der Waals surface area contributed by atoms with Gasteiger partial charge in [0.2, 0.25) is 0 Å². The number of rotatable bonds is 10. The number of alkyl halides is 3. The molecule has 0 saturated carbocycles. The van der Waals surface area contributed by atoms with E-state index in [1.54, 1.807) is 55.5 Å². The minimum Gasteiger partial charge on any atom is -0.493 e. The van der Waals surface area contributed by atoms with Crippen molar-refractivity contribution in [1.29, 1.82) is 5.26 Å². The predicted octanol–water partition coefficient (Wildman–Crippen LogP) is 9.30. The van der Waals surface area contributed by atoms with E-state index < -0.39 is 28.1 Å². The number of ether oxygens (including phenoxy) is 2. The van der Waals surface area contributed by atoms with Gasteiger partial charge >= 0.3 is 18.1 Å². The van der Waals surface area contributed by atoms with Crippen molar-refractivity contribution >= 4 is 50.0 Å². The van der Waals surface area contributed by atoms with Crippen LogP contribution in [0, 0.1) is 24.2 Å². The molecule has 0 aromatic heterocycles. The number of aryl methyl sites for hydroxylation is 1. The summed E-state index contributed by atoms with van der Waals surface area (Å²) in [6.45, 7) is 6.16. The number of nitrogens with zero attached hydrogens (tertiary/aromatic N) is 1. The summed E-state index contributed by atoms with van der Waals surface area (Å²) < 4.78 is 72.9. The first-order chi connectivity index (χ1) is 24.4. The van der Waals surface area contributed by atoms with E-state index in [-0.39, 0.29) is 22.1 Å². The number of benzene rings is 5. The van der Waals surface area contributed by atoms with Crippen molar-refractivity contribution in [2.45, 2.75) is 31.8 Å². The van der Waals surface area contributed by atoms with Gasteiger partial charge in [-0.2, -0.15) is 18.4 Å². The highest BCUT2D eigenvalue weighted by Crippen LogP contribution is 2.40. The Bertz CT molecular complexity index is 2310. The average molecular weight is 755 g/mol. The number of nitrogens with one attached hydrogen (secondary N) is 1. The van der Waals surface area contributed by atoms with Crippen LogP contribution in [0.5, 0.6) is 17.2 Å². The van der Waals surface area contributed by atoms with Crippen molar-refractivity contribution in [2.24, 2.45) is 5.92 Å². The summed E-state index contributed by atoms with van der Waals surface area (Å²) in [5.74, 6) is -2.56. The smallest absolute Gasteiger partial charge is 0.490 e. The van der Waals surface area contributed by atoms with E-state index in [0.29, 0.717) is 45.6 Å². The van der Waals surface area contributed by atoms with Crippen LogP contribution in [0.15, 0.2) is 95.9 Å². The molecule has 5 aromatic rings. The van der Waals surface area contributed by atoms with Crippen LogP contribution in [-0.2, 0) is 14.8 Å². The third kappa shape index (κ3) is 9.93. The molecule has 52 heavy (non-hydrogen) atoms. The number of sulfonamides is 1. The molecule has 0 bridgehead atoms. The second-order valence-corrected chi connectivity index (χ2v) is 13.8. The molecule has 0 heterocycles. The highest BCUT2D eigenvalue weighted by atomic mass is 35.5. The first kappa shape index (κ1) is 39.0. The van der Waals surface area contributed by atoms with Crippen LogP contribution in [0.2, 0.25) is 5.02 Å². The third-order valence-electron chi connectivity index (χ3n) is 7.19. The Morgan fingerprint density at radius 2 is 1.54 bits per heavy atom. The summed E-state index contributed by atoms with van der Waals surface area (Å²) in [5.41, 5.74) is 2.05. The molecule has 0 aliphatic heterocycles. The molecular weight excluding hydrogens is 725 g/mol. The van der Waals surface area contributed by atoms with Gasteiger partial charge < -0.3 is 19.7 Å². The molecule has 0 unspecified atom stereocenters. The fraction of sp³-hybridized carbons (Fsp3) is 0.162. The summed E-state index contributed by atoms with van der Waals surface area (Å²) in [7, 11) is -4.04. The Morgan fingerprint density at radius 3 is 2.15 bits per heavy atom. The van der Waals surface area contributed by atoms with Gasteiger partial charge in [-0.25, -0.2) is 18.0 Å². The molecule has 0 aliphatic rings. The standard InChI is InChI=1S/C35H29ClN2O6S.C2HF3O2/c1-21(2)20-43-27-10-12-30(32(17-27)35(39)40)31-16-26(38-45(41,42)29-11-4-22(3)33(36)18-29)8-13-34(31)44-28-9-7-24-14-23(19-37)5-6-25(24)15-28;3-2(4,5)1(6)7/h4-18,21,38H,20H2,1-3H3,(H,39,40);(H,6,7). The van der Waals surface area contributed by atoms with Gasteiger partial charge in [0.1, 0.15) is 17.2 Å². The fourth-order valence-corrected chi connectivity index (χ4v) is 5.94. The maximum absolute atomic E-state index is 13.3. The van der Waals surface area contributed by atoms with Gasteiger partial charge in [-0.1, -0.05) is 43.6 Å². The molecule has 0 fully saturated rings. The first-order valence-electron chi connectivity index (χ1n) is 15.2. The Morgan fingerprint density at radius 1 is 0.885 bits per heavy atom. The van der Waals surface area contributed by atoms with Gasteiger partial charge in [-0.15, -0.1) is 0 Å². The minimum atomic E-state index is -5.08. The lowest BCUT2D eigenvalue weighted by molar-refractivity contribution is -0.192. The second kappa shape index (κ2) is 16.1. The molecule has 0 aliphatic carbocycles. The lowest BCUT2D eigenvalue weighted by Crippen LogP contribution is -2.21. The molecule has 5 rings (SSSR count). The molecule has 0 amide bonds. The largest absolute Gasteiger partial charge is 0.493 e. The minimum absolute atomic E-state index is 0.0198. The number of aliphatic carboxylic acids is 1. The predicted molar refractivity (Wildman–Crippen MR) is 189 cm³/mol. The van der Waals surface area contributed by atoms with E-state index >= 15 is 0 Å². The van der Waals surface area contributed by atoms with Gasteiger partial charge in [-0.3, -0.25) is 4.72 Å². The van der Waals surface area contributed by atoms with Gasteiger partial charge in [0.15, 0.2) is 0 Å². The van der Waals surface area contributed by atoms with E-state index in [1.807, 2.05) is 26.0 Å². The number of hydrogen-bond donors (Lipinski definition) is 3. The lowest BCUT2D eigenvalue weighted by atomic mass is 9.98. The Hall–Kier alpha value is -5.78. The monoisotopic (exact) mass is 754 g/mol. The second-order valence-electron chi connectivity index (χ2n) is 11.7. The Balaban J connectivity index is 0.000000785. The van der Waals surface area contributed by atoms with Crippen molar-refractivity contribution in [3.8, 4) is 34.4 Å². The number of nitriles is 1. The summed E-state index contributed by atoms with van der Waals surface area (Å²) in [5, 5.41) is 28.5. The maximum atomic E-state index is 13.3. The number of aromatic carboxylic acids is 1. The SMILES string of the molecule is Cc1ccc(S(=O)(=O)Nc2ccc(Oc3ccc4cc(C#N)ccc4c3)c(-c3ccc(OCC(C)C)cc3C(=O)O)c2)cc1Cl.O=C(O)C(F)(F)F. The zero-order chi connectivity index (χ0) is 38.4. The van der Waals surface area contributed by atoms with Crippen LogP contribution in [0.1, 0.15) is 35.3 Å². The molecule has 0 atom stereocenters. The summed E-state index contributed by atoms with van der Waals surface area (Å²) in [6.07, 6.45) is -5.08. The number of carboxylic acids is 2. The zero-order valence-corrected chi connectivity index (χ0v) is 29.2. The normalized spacial score (nSPS) is 11.3. The molecule has 15 heteroatoms. The van der Waals surface area contributed by atoms with Crippen LogP contribution in [-0.4, -0.2) is 43.4 Å². The molecule has 0 saturated heterocycles. The van der Waals surface area contributed by atoms with E-state index in [0.717, 1.165) is 16.3 Å². The molecule has 10 nitrogen and oxygen atoms in total. The molecular formula is C37H30ClF3N2O8S. The third-order valence-corrected chi connectivity index (χ3v) is 8.98. The highest BCUT2D eigenvalue weighted by molar-refractivity contribution is 7.92. The van der Waals surface area contributed by atoms with Crippen LogP contribution in [0.25, 0.3) is 21.9 Å². The van der Waals surface area contributed by atoms with Gasteiger partial charge in [-0.05, 0) is 102 Å². The van der Waals surface area contributed by atoms with Crippen LogP contribution in [0.3, 0.4) is 0 Å². The van der Waals surface area contributed by atoms with E-state index in [9.17, 15) is 36.8 Å². The number of carboxylic acid groups (broad SMARTS) is 2. The van der Waals surface area contributed by atoms with Gasteiger partial charge in [0.25, 0.3) is 10.0 Å². The van der Waals surface area contributed by atoms with Crippen molar-refractivity contribution in [2.75, 3.05) is 11.3 Å². The number of hydrogen-bond acceptors (Lipinski definition) is 7. The van der Waals surface area contributed by atoms with Crippen LogP contribution >= 0.6 is 11.6 Å². The molecule has 0 spiro atoms. The van der Waals surface area contributed by atoms with Crippen LogP contribution < -0.4 is 14.2 Å². The Labute approximate surface area is 301 Å². The number of carbonyl (C=O) groups is 2. The number of halogens is 4. The fourth-order valence-electron chi connectivity index (χ4n) is 4.62. The summed E-state index contributed by atoms with van der Waals surface area (Å²) in [4.78, 5) is 21.3. The van der Waals surface area contributed by atoms with Crippen molar-refractivity contribution in [3.05, 3.63) is 113 Å². The summed E-state index contributed by atoms with van der Waals surface area (Å²) in [6, 6.07) is 26.6. The number of anilines is 1. The average Bonchev–Trinajstić information content (AvgIpc) is 3.08.